The number of carbonyl (C=O) groups is 1. The van der Waals surface area contributed by atoms with Crippen molar-refractivity contribution in [2.75, 3.05) is 18.5 Å². The number of hydrogen-bond donors (Lipinski definition) is 2. The Kier molecular flexibility index (Phi) is 3.17. The van der Waals surface area contributed by atoms with E-state index in [0.717, 1.165) is 0 Å². The molecule has 6 heteroatoms. The summed E-state index contributed by atoms with van der Waals surface area (Å²) in [6.45, 7) is 2.14. The van der Waals surface area contributed by atoms with Crippen LogP contribution in [0.15, 0.2) is 18.3 Å². The smallest absolute Gasteiger partial charge is 0.313 e. The normalized spacial score (nSPS) is 26.6. The van der Waals surface area contributed by atoms with Crippen LogP contribution in [0.1, 0.15) is 12.5 Å². The minimum Gasteiger partial charge on any atom is -0.481 e. The first-order valence-electron chi connectivity index (χ1n) is 5.50. The molecule has 0 aliphatic carbocycles. The highest BCUT2D eigenvalue weighted by Gasteiger charge is 2.46. The molecule has 0 aromatic carbocycles. The lowest BCUT2D eigenvalue weighted by atomic mass is 9.85. The lowest BCUT2D eigenvalue weighted by Crippen LogP contribution is -2.43. The summed E-state index contributed by atoms with van der Waals surface area (Å²) in [5.41, 5.74) is -0.500. The van der Waals surface area contributed by atoms with Gasteiger partial charge in [-0.05, 0) is 19.1 Å². The van der Waals surface area contributed by atoms with E-state index in [1.54, 1.807) is 19.1 Å². The zero-order chi connectivity index (χ0) is 13.2. The number of pyridine rings is 1. The number of nitrogens with zero attached hydrogens (tertiary/aromatic N) is 2. The number of carboxylic acid groups (broad SMARTS) is 1. The number of anilines is 1. The second-order valence-corrected chi connectivity index (χ2v) is 4.48. The number of rotatable bonds is 3. The second kappa shape index (κ2) is 4.63. The highest BCUT2D eigenvalue weighted by molar-refractivity contribution is 5.76. The third kappa shape index (κ3) is 2.13. The van der Waals surface area contributed by atoms with Crippen LogP contribution >= 0.6 is 0 Å². The van der Waals surface area contributed by atoms with Gasteiger partial charge >= 0.3 is 5.97 Å². The molecule has 1 aromatic rings. The number of hydrogen-bond acceptors (Lipinski definition) is 5. The van der Waals surface area contributed by atoms with Gasteiger partial charge in [0.2, 0.25) is 0 Å². The van der Waals surface area contributed by atoms with Gasteiger partial charge in [-0.2, -0.15) is 5.26 Å². The fourth-order valence-corrected chi connectivity index (χ4v) is 1.81. The number of aliphatic carboxylic acids is 1. The predicted octanol–water partition coefficient (Wildman–Crippen LogP) is 0.855. The molecular formula is C12H13N3O3. The van der Waals surface area contributed by atoms with Gasteiger partial charge < -0.3 is 15.2 Å². The molecule has 18 heavy (non-hydrogen) atoms. The summed E-state index contributed by atoms with van der Waals surface area (Å²) in [7, 11) is 0. The van der Waals surface area contributed by atoms with E-state index in [4.69, 9.17) is 10.00 Å². The Labute approximate surface area is 104 Å². The van der Waals surface area contributed by atoms with Crippen LogP contribution in [0.3, 0.4) is 0 Å². The number of ether oxygens (including phenoxy) is 1. The van der Waals surface area contributed by atoms with Crippen molar-refractivity contribution >= 4 is 11.8 Å². The van der Waals surface area contributed by atoms with E-state index >= 15 is 0 Å². The van der Waals surface area contributed by atoms with Crippen molar-refractivity contribution in [3.63, 3.8) is 0 Å². The molecule has 2 N–H and O–H groups in total. The maximum Gasteiger partial charge on any atom is 0.313 e. The Morgan fingerprint density at radius 1 is 1.72 bits per heavy atom. The molecule has 1 aliphatic rings. The van der Waals surface area contributed by atoms with Crippen molar-refractivity contribution in [1.29, 1.82) is 5.26 Å². The topological polar surface area (TPSA) is 95.2 Å². The van der Waals surface area contributed by atoms with Crippen LogP contribution < -0.4 is 5.32 Å². The van der Waals surface area contributed by atoms with E-state index in [1.807, 2.05) is 6.07 Å². The van der Waals surface area contributed by atoms with Crippen LogP contribution in [-0.2, 0) is 9.53 Å². The van der Waals surface area contributed by atoms with Crippen molar-refractivity contribution in [2.24, 2.45) is 5.41 Å². The molecule has 2 unspecified atom stereocenters. The van der Waals surface area contributed by atoms with E-state index < -0.39 is 11.4 Å². The monoisotopic (exact) mass is 247 g/mol. The van der Waals surface area contributed by atoms with Gasteiger partial charge in [0, 0.05) is 6.20 Å². The van der Waals surface area contributed by atoms with Crippen LogP contribution in [0.2, 0.25) is 0 Å². The van der Waals surface area contributed by atoms with Gasteiger partial charge in [-0.15, -0.1) is 0 Å². The van der Waals surface area contributed by atoms with Crippen molar-refractivity contribution in [3.05, 3.63) is 23.9 Å². The third-order valence-electron chi connectivity index (χ3n) is 3.16. The van der Waals surface area contributed by atoms with E-state index in [9.17, 15) is 9.90 Å². The molecule has 1 fully saturated rings. The van der Waals surface area contributed by atoms with Gasteiger partial charge in [-0.3, -0.25) is 4.79 Å². The van der Waals surface area contributed by atoms with Gasteiger partial charge in [0.05, 0.1) is 24.8 Å². The van der Waals surface area contributed by atoms with Crippen molar-refractivity contribution < 1.29 is 14.6 Å². The predicted molar refractivity (Wildman–Crippen MR) is 62.9 cm³/mol. The Morgan fingerprint density at radius 3 is 3.06 bits per heavy atom. The third-order valence-corrected chi connectivity index (χ3v) is 3.16. The molecule has 0 spiro atoms. The molecule has 0 bridgehead atoms. The molecule has 94 valence electrons. The van der Waals surface area contributed by atoms with Crippen LogP contribution in [0.25, 0.3) is 0 Å². The van der Waals surface area contributed by atoms with Crippen LogP contribution in [0, 0.1) is 16.7 Å². The van der Waals surface area contributed by atoms with Crippen LogP contribution in [-0.4, -0.2) is 35.3 Å². The van der Waals surface area contributed by atoms with Crippen LogP contribution in [0.5, 0.6) is 0 Å². The summed E-state index contributed by atoms with van der Waals surface area (Å²) < 4.78 is 5.23. The SMILES string of the molecule is CC1(C(=O)O)COCC1Nc1ccc(C#N)cn1. The molecule has 0 radical (unpaired) electrons. The highest BCUT2D eigenvalue weighted by atomic mass is 16.5. The molecule has 2 atom stereocenters. The van der Waals surface area contributed by atoms with E-state index in [1.165, 1.54) is 6.20 Å². The van der Waals surface area contributed by atoms with Crippen molar-refractivity contribution in [2.45, 2.75) is 13.0 Å². The maximum absolute atomic E-state index is 11.2. The molecule has 2 rings (SSSR count). The second-order valence-electron chi connectivity index (χ2n) is 4.48. The fourth-order valence-electron chi connectivity index (χ4n) is 1.81. The average Bonchev–Trinajstić information content (AvgIpc) is 2.73. The molecule has 0 saturated carbocycles. The number of aromatic nitrogens is 1. The molecule has 1 aromatic heterocycles. The maximum atomic E-state index is 11.2. The minimum absolute atomic E-state index is 0.177. The highest BCUT2D eigenvalue weighted by Crippen LogP contribution is 2.30. The Balaban J connectivity index is 2.13. The summed E-state index contributed by atoms with van der Waals surface area (Å²) in [5.74, 6) is -0.358. The molecule has 6 nitrogen and oxygen atoms in total. The first kappa shape index (κ1) is 12.3. The Bertz CT molecular complexity index is 494. The number of nitrogens with one attached hydrogen (secondary N) is 1. The Morgan fingerprint density at radius 2 is 2.50 bits per heavy atom. The van der Waals surface area contributed by atoms with E-state index in [2.05, 4.69) is 10.3 Å². The zero-order valence-corrected chi connectivity index (χ0v) is 9.88. The average molecular weight is 247 g/mol. The summed E-state index contributed by atoms with van der Waals surface area (Å²) >= 11 is 0. The lowest BCUT2D eigenvalue weighted by Gasteiger charge is -2.25. The summed E-state index contributed by atoms with van der Waals surface area (Å²) in [5, 5.41) is 20.9. The largest absolute Gasteiger partial charge is 0.481 e. The summed E-state index contributed by atoms with van der Waals surface area (Å²) in [6, 6.07) is 4.92. The summed E-state index contributed by atoms with van der Waals surface area (Å²) in [6.07, 6.45) is 1.44. The quantitative estimate of drug-likeness (QED) is 0.822. The van der Waals surface area contributed by atoms with Crippen molar-refractivity contribution in [1.82, 2.24) is 4.98 Å². The molecule has 2 heterocycles. The molecular weight excluding hydrogens is 234 g/mol. The standard InChI is InChI=1S/C12H13N3O3/c1-12(11(16)17)7-18-6-9(12)15-10-3-2-8(4-13)5-14-10/h2-3,5,9H,6-7H2,1H3,(H,14,15)(H,16,17). The molecule has 1 saturated heterocycles. The number of carboxylic acids is 1. The summed E-state index contributed by atoms with van der Waals surface area (Å²) in [4.78, 5) is 15.3. The van der Waals surface area contributed by atoms with Gasteiger partial charge in [0.1, 0.15) is 17.3 Å². The van der Waals surface area contributed by atoms with Crippen LogP contribution in [0.4, 0.5) is 5.82 Å². The van der Waals surface area contributed by atoms with E-state index in [0.29, 0.717) is 18.0 Å². The molecule has 1 aliphatic heterocycles. The number of nitriles is 1. The first-order chi connectivity index (χ1) is 8.56. The lowest BCUT2D eigenvalue weighted by molar-refractivity contribution is -0.148. The van der Waals surface area contributed by atoms with E-state index in [-0.39, 0.29) is 12.6 Å². The fraction of sp³-hybridized carbons (Fsp3) is 0.417. The van der Waals surface area contributed by atoms with Gasteiger partial charge in [-0.25, -0.2) is 4.98 Å². The first-order valence-corrected chi connectivity index (χ1v) is 5.50. The van der Waals surface area contributed by atoms with Gasteiger partial charge in [-0.1, -0.05) is 0 Å². The molecule has 0 amide bonds. The Hall–Kier alpha value is -2.13. The van der Waals surface area contributed by atoms with Crippen molar-refractivity contribution in [3.8, 4) is 6.07 Å². The van der Waals surface area contributed by atoms with Gasteiger partial charge in [0.25, 0.3) is 0 Å². The minimum atomic E-state index is -0.963. The van der Waals surface area contributed by atoms with Gasteiger partial charge in [0.15, 0.2) is 0 Å². The zero-order valence-electron chi connectivity index (χ0n) is 9.88.